The SMILES string of the molecule is COC(=O)c1ccc(S(=O)(=O)N2CCCC(C)(C)C2C(=O)O)cc1Cl. The minimum Gasteiger partial charge on any atom is -0.480 e. The molecule has 9 heteroatoms. The molecule has 7 nitrogen and oxygen atoms in total. The summed E-state index contributed by atoms with van der Waals surface area (Å²) in [6, 6.07) is 2.45. The Morgan fingerprint density at radius 2 is 2.00 bits per heavy atom. The van der Waals surface area contributed by atoms with Gasteiger partial charge >= 0.3 is 11.9 Å². The Labute approximate surface area is 151 Å². The molecule has 1 saturated heterocycles. The van der Waals surface area contributed by atoms with Crippen molar-refractivity contribution >= 4 is 33.6 Å². The molecule has 2 rings (SSSR count). The van der Waals surface area contributed by atoms with Gasteiger partial charge in [-0.15, -0.1) is 0 Å². The second-order valence-electron chi connectivity index (χ2n) is 6.58. The molecule has 1 N–H and O–H groups in total. The number of hydrogen-bond acceptors (Lipinski definition) is 5. The number of carbonyl (C=O) groups excluding carboxylic acids is 1. The molecule has 1 aromatic carbocycles. The monoisotopic (exact) mass is 389 g/mol. The first kappa shape index (κ1) is 19.7. The summed E-state index contributed by atoms with van der Waals surface area (Å²) in [6.45, 7) is 3.58. The van der Waals surface area contributed by atoms with E-state index in [0.717, 1.165) is 10.4 Å². The van der Waals surface area contributed by atoms with Crippen LogP contribution in [0.2, 0.25) is 5.02 Å². The van der Waals surface area contributed by atoms with Gasteiger partial charge in [0.05, 0.1) is 22.6 Å². The van der Waals surface area contributed by atoms with Crippen LogP contribution in [0.3, 0.4) is 0 Å². The first-order chi connectivity index (χ1) is 11.5. The van der Waals surface area contributed by atoms with E-state index in [0.29, 0.717) is 12.8 Å². The van der Waals surface area contributed by atoms with Crippen molar-refractivity contribution in [1.82, 2.24) is 4.31 Å². The molecule has 25 heavy (non-hydrogen) atoms. The standard InChI is InChI=1S/C16H20ClNO6S/c1-16(2)7-4-8-18(13(16)14(19)20)25(22,23)10-5-6-11(12(17)9-10)15(21)24-3/h5-6,9,13H,4,7-8H2,1-3H3,(H,19,20). The third-order valence-electron chi connectivity index (χ3n) is 4.41. The molecule has 0 radical (unpaired) electrons. The number of ether oxygens (including phenoxy) is 1. The minimum absolute atomic E-state index is 0.0388. The van der Waals surface area contributed by atoms with Gasteiger partial charge in [-0.2, -0.15) is 4.31 Å². The van der Waals surface area contributed by atoms with E-state index in [1.54, 1.807) is 13.8 Å². The molecule has 1 atom stereocenters. The van der Waals surface area contributed by atoms with Gasteiger partial charge in [-0.25, -0.2) is 13.2 Å². The molecule has 1 aliphatic heterocycles. The third-order valence-corrected chi connectivity index (χ3v) is 6.59. The van der Waals surface area contributed by atoms with Crippen molar-refractivity contribution in [3.05, 3.63) is 28.8 Å². The van der Waals surface area contributed by atoms with Gasteiger partial charge in [-0.1, -0.05) is 25.4 Å². The van der Waals surface area contributed by atoms with Crippen molar-refractivity contribution in [1.29, 1.82) is 0 Å². The van der Waals surface area contributed by atoms with Crippen LogP contribution in [0, 0.1) is 5.41 Å². The van der Waals surface area contributed by atoms with Crippen LogP contribution < -0.4 is 0 Å². The van der Waals surface area contributed by atoms with Gasteiger partial charge < -0.3 is 9.84 Å². The van der Waals surface area contributed by atoms with E-state index in [-0.39, 0.29) is 22.0 Å². The number of aliphatic carboxylic acids is 1. The number of halogens is 1. The van der Waals surface area contributed by atoms with Crippen LogP contribution in [0.25, 0.3) is 0 Å². The molecular weight excluding hydrogens is 370 g/mol. The van der Waals surface area contributed by atoms with Crippen LogP contribution in [0.4, 0.5) is 0 Å². The lowest BCUT2D eigenvalue weighted by Crippen LogP contribution is -2.56. The van der Waals surface area contributed by atoms with Gasteiger partial charge in [-0.05, 0) is 36.5 Å². The van der Waals surface area contributed by atoms with Crippen LogP contribution in [-0.2, 0) is 19.6 Å². The highest BCUT2D eigenvalue weighted by atomic mass is 35.5. The molecule has 1 heterocycles. The van der Waals surface area contributed by atoms with E-state index in [1.165, 1.54) is 19.2 Å². The summed E-state index contributed by atoms with van der Waals surface area (Å²) in [5, 5.41) is 9.49. The van der Waals surface area contributed by atoms with E-state index < -0.39 is 33.4 Å². The fourth-order valence-electron chi connectivity index (χ4n) is 3.13. The Kier molecular flexibility index (Phi) is 5.46. The van der Waals surface area contributed by atoms with Crippen LogP contribution >= 0.6 is 11.6 Å². The van der Waals surface area contributed by atoms with Gasteiger partial charge in [0.25, 0.3) is 0 Å². The van der Waals surface area contributed by atoms with Gasteiger partial charge in [0, 0.05) is 6.54 Å². The van der Waals surface area contributed by atoms with Crippen molar-refractivity contribution in [3.63, 3.8) is 0 Å². The second-order valence-corrected chi connectivity index (χ2v) is 8.88. The molecule has 1 aliphatic rings. The smallest absolute Gasteiger partial charge is 0.339 e. The molecular formula is C16H20ClNO6S. The Bertz CT molecular complexity index is 805. The molecule has 0 spiro atoms. The van der Waals surface area contributed by atoms with E-state index in [9.17, 15) is 23.1 Å². The van der Waals surface area contributed by atoms with Gasteiger partial charge in [0.1, 0.15) is 6.04 Å². The predicted molar refractivity (Wildman–Crippen MR) is 91.1 cm³/mol. The average molecular weight is 390 g/mol. The molecule has 0 amide bonds. The molecule has 1 aromatic rings. The average Bonchev–Trinajstić information content (AvgIpc) is 2.52. The quantitative estimate of drug-likeness (QED) is 0.793. The number of methoxy groups -OCH3 is 1. The Morgan fingerprint density at radius 3 is 2.52 bits per heavy atom. The Hall–Kier alpha value is -1.64. The van der Waals surface area contributed by atoms with Crippen LogP contribution in [0.15, 0.2) is 23.1 Å². The number of sulfonamides is 1. The molecule has 0 saturated carbocycles. The number of esters is 1. The largest absolute Gasteiger partial charge is 0.480 e. The van der Waals surface area contributed by atoms with Crippen LogP contribution in [0.5, 0.6) is 0 Å². The highest BCUT2D eigenvalue weighted by Gasteiger charge is 2.47. The summed E-state index contributed by atoms with van der Waals surface area (Å²) < 4.78 is 31.5. The first-order valence-electron chi connectivity index (χ1n) is 7.65. The highest BCUT2D eigenvalue weighted by molar-refractivity contribution is 7.89. The van der Waals surface area contributed by atoms with Crippen LogP contribution in [-0.4, -0.2) is 49.5 Å². The second kappa shape index (κ2) is 6.93. The molecule has 1 unspecified atom stereocenters. The third kappa shape index (κ3) is 3.65. The highest BCUT2D eigenvalue weighted by Crippen LogP contribution is 2.38. The van der Waals surface area contributed by atoms with Crippen molar-refractivity contribution in [2.45, 2.75) is 37.6 Å². The minimum atomic E-state index is -4.08. The lowest BCUT2D eigenvalue weighted by atomic mass is 9.77. The summed E-state index contributed by atoms with van der Waals surface area (Å²) >= 11 is 6.00. The summed E-state index contributed by atoms with van der Waals surface area (Å²) in [6.07, 6.45) is 1.17. The molecule has 0 bridgehead atoms. The zero-order valence-electron chi connectivity index (χ0n) is 14.2. The van der Waals surface area contributed by atoms with E-state index in [1.807, 2.05) is 0 Å². The number of benzene rings is 1. The van der Waals surface area contributed by atoms with Gasteiger partial charge in [0.15, 0.2) is 0 Å². The summed E-state index contributed by atoms with van der Waals surface area (Å²) in [7, 11) is -2.89. The summed E-state index contributed by atoms with van der Waals surface area (Å²) in [4.78, 5) is 23.1. The number of carboxylic acid groups (broad SMARTS) is 1. The van der Waals surface area contributed by atoms with Crippen molar-refractivity contribution in [3.8, 4) is 0 Å². The zero-order chi connectivity index (χ0) is 19.0. The lowest BCUT2D eigenvalue weighted by Gasteiger charge is -2.43. The summed E-state index contributed by atoms with van der Waals surface area (Å²) in [5.74, 6) is -1.87. The zero-order valence-corrected chi connectivity index (χ0v) is 15.7. The summed E-state index contributed by atoms with van der Waals surface area (Å²) in [5.41, 5.74) is -0.663. The molecule has 0 aromatic heterocycles. The maximum atomic E-state index is 13.0. The number of carbonyl (C=O) groups is 2. The number of carboxylic acids is 1. The Morgan fingerprint density at radius 1 is 1.36 bits per heavy atom. The number of hydrogen-bond donors (Lipinski definition) is 1. The van der Waals surface area contributed by atoms with Crippen LogP contribution in [0.1, 0.15) is 37.0 Å². The van der Waals surface area contributed by atoms with Crippen molar-refractivity contribution in [2.24, 2.45) is 5.41 Å². The van der Waals surface area contributed by atoms with E-state index in [2.05, 4.69) is 4.74 Å². The topological polar surface area (TPSA) is 101 Å². The number of rotatable bonds is 4. The first-order valence-corrected chi connectivity index (χ1v) is 9.46. The lowest BCUT2D eigenvalue weighted by molar-refractivity contribution is -0.147. The molecule has 138 valence electrons. The van der Waals surface area contributed by atoms with Crippen molar-refractivity contribution < 1.29 is 27.9 Å². The predicted octanol–water partition coefficient (Wildman–Crippen LogP) is 2.39. The normalized spacial score (nSPS) is 20.9. The van der Waals surface area contributed by atoms with Gasteiger partial charge in [-0.3, -0.25) is 4.79 Å². The van der Waals surface area contributed by atoms with Crippen molar-refractivity contribution in [2.75, 3.05) is 13.7 Å². The number of nitrogens with zero attached hydrogens (tertiary/aromatic N) is 1. The fraction of sp³-hybridized carbons (Fsp3) is 0.500. The van der Waals surface area contributed by atoms with Gasteiger partial charge in [0.2, 0.25) is 10.0 Å². The van der Waals surface area contributed by atoms with E-state index in [4.69, 9.17) is 11.6 Å². The fourth-order valence-corrected chi connectivity index (χ4v) is 5.25. The maximum absolute atomic E-state index is 13.0. The molecule has 0 aliphatic carbocycles. The van der Waals surface area contributed by atoms with E-state index >= 15 is 0 Å². The molecule has 1 fully saturated rings. The maximum Gasteiger partial charge on any atom is 0.339 e. The number of piperidine rings is 1. The Balaban J connectivity index is 2.49.